The first-order valence-electron chi connectivity index (χ1n) is 12.2. The third-order valence-electron chi connectivity index (χ3n) is 6.64. The zero-order valence-electron chi connectivity index (χ0n) is 20.2. The Morgan fingerprint density at radius 1 is 0.882 bits per heavy atom. The summed E-state index contributed by atoms with van der Waals surface area (Å²) in [7, 11) is 2.12. The molecule has 5 rings (SSSR count). The van der Waals surface area contributed by atoms with Gasteiger partial charge < -0.3 is 14.5 Å². The standard InChI is InChI=1S/C26H34N6OS/c1-21-5-9-24(10-6-21)32-25(30-13-3-4-14-30)27-31(26(32)34)20-28(2)19-22-7-11-23(12-8-22)29-15-17-33-18-16-29/h5-12H,3-4,13-20H2,1-2H3. The van der Waals surface area contributed by atoms with E-state index in [1.165, 1.54) is 29.7 Å². The van der Waals surface area contributed by atoms with Gasteiger partial charge in [0, 0.05) is 38.4 Å². The molecule has 3 aromatic rings. The van der Waals surface area contributed by atoms with E-state index in [1.54, 1.807) is 0 Å². The lowest BCUT2D eigenvalue weighted by molar-refractivity contribution is 0.122. The average Bonchev–Trinajstić information content (AvgIpc) is 3.49. The van der Waals surface area contributed by atoms with E-state index in [4.69, 9.17) is 22.1 Å². The molecular weight excluding hydrogens is 444 g/mol. The van der Waals surface area contributed by atoms with Crippen molar-refractivity contribution < 1.29 is 4.74 Å². The Bertz CT molecular complexity index is 1140. The summed E-state index contributed by atoms with van der Waals surface area (Å²) in [6, 6.07) is 17.4. The van der Waals surface area contributed by atoms with Crippen molar-refractivity contribution in [3.63, 3.8) is 0 Å². The number of ether oxygens (including phenoxy) is 1. The minimum atomic E-state index is 0.643. The molecule has 180 valence electrons. The van der Waals surface area contributed by atoms with E-state index >= 15 is 0 Å². The third-order valence-corrected chi connectivity index (χ3v) is 7.04. The molecule has 0 atom stereocenters. The van der Waals surface area contributed by atoms with Gasteiger partial charge in [0.2, 0.25) is 10.7 Å². The maximum absolute atomic E-state index is 5.93. The van der Waals surface area contributed by atoms with Crippen molar-refractivity contribution in [1.82, 2.24) is 19.2 Å². The molecular formula is C26H34N6OS. The summed E-state index contributed by atoms with van der Waals surface area (Å²) in [5.74, 6) is 0.953. The Morgan fingerprint density at radius 2 is 1.53 bits per heavy atom. The van der Waals surface area contributed by atoms with E-state index in [-0.39, 0.29) is 0 Å². The lowest BCUT2D eigenvalue weighted by Gasteiger charge is -2.29. The van der Waals surface area contributed by atoms with Gasteiger partial charge in [0.05, 0.1) is 25.6 Å². The second-order valence-corrected chi connectivity index (χ2v) is 9.73. The minimum absolute atomic E-state index is 0.643. The molecule has 2 saturated heterocycles. The zero-order chi connectivity index (χ0) is 23.5. The van der Waals surface area contributed by atoms with Gasteiger partial charge in [-0.05, 0) is 68.9 Å². The molecule has 2 aromatic carbocycles. The number of rotatable bonds is 7. The van der Waals surface area contributed by atoms with Gasteiger partial charge in [0.1, 0.15) is 0 Å². The molecule has 2 aliphatic rings. The van der Waals surface area contributed by atoms with E-state index in [0.29, 0.717) is 6.67 Å². The molecule has 0 bridgehead atoms. The monoisotopic (exact) mass is 478 g/mol. The molecule has 0 radical (unpaired) electrons. The van der Waals surface area contributed by atoms with E-state index in [2.05, 4.69) is 81.8 Å². The number of benzene rings is 2. The SMILES string of the molecule is Cc1ccc(-n2c(N3CCCC3)nn(CN(C)Cc3ccc(N4CCOCC4)cc3)c2=S)cc1. The Kier molecular flexibility index (Phi) is 6.99. The first kappa shape index (κ1) is 23.1. The van der Waals surface area contributed by atoms with Crippen LogP contribution in [-0.2, 0) is 18.0 Å². The van der Waals surface area contributed by atoms with Gasteiger partial charge in [-0.2, -0.15) is 0 Å². The maximum atomic E-state index is 5.93. The smallest absolute Gasteiger partial charge is 0.230 e. The fraction of sp³-hybridized carbons (Fsp3) is 0.462. The predicted molar refractivity (Wildman–Crippen MR) is 140 cm³/mol. The molecule has 0 saturated carbocycles. The number of aryl methyl sites for hydroxylation is 1. The van der Waals surface area contributed by atoms with Crippen LogP contribution in [0.5, 0.6) is 0 Å². The van der Waals surface area contributed by atoms with Gasteiger partial charge in [-0.15, -0.1) is 5.10 Å². The van der Waals surface area contributed by atoms with Crippen molar-refractivity contribution in [2.24, 2.45) is 0 Å². The van der Waals surface area contributed by atoms with Gasteiger partial charge in [-0.25, -0.2) is 4.68 Å². The number of hydrogen-bond acceptors (Lipinski definition) is 6. The Labute approximate surface area is 207 Å². The largest absolute Gasteiger partial charge is 0.378 e. The number of hydrogen-bond donors (Lipinski definition) is 0. The van der Waals surface area contributed by atoms with Crippen LogP contribution in [-0.4, -0.2) is 65.7 Å². The highest BCUT2D eigenvalue weighted by Gasteiger charge is 2.22. The van der Waals surface area contributed by atoms with Crippen LogP contribution in [0, 0.1) is 11.7 Å². The fourth-order valence-electron chi connectivity index (χ4n) is 4.75. The summed E-state index contributed by atoms with van der Waals surface area (Å²) in [6.45, 7) is 9.17. The summed E-state index contributed by atoms with van der Waals surface area (Å²) >= 11 is 5.93. The van der Waals surface area contributed by atoms with Crippen LogP contribution in [0.2, 0.25) is 0 Å². The summed E-state index contributed by atoms with van der Waals surface area (Å²) < 4.78 is 10.3. The summed E-state index contributed by atoms with van der Waals surface area (Å²) in [6.07, 6.45) is 2.40. The molecule has 2 aliphatic heterocycles. The molecule has 0 unspecified atom stereocenters. The van der Waals surface area contributed by atoms with Gasteiger partial charge >= 0.3 is 0 Å². The van der Waals surface area contributed by atoms with Crippen molar-refractivity contribution in [2.45, 2.75) is 33.0 Å². The quantitative estimate of drug-likeness (QED) is 0.473. The lowest BCUT2D eigenvalue weighted by atomic mass is 10.2. The van der Waals surface area contributed by atoms with Gasteiger partial charge in [0.25, 0.3) is 0 Å². The van der Waals surface area contributed by atoms with Gasteiger partial charge in [-0.1, -0.05) is 29.8 Å². The molecule has 3 heterocycles. The third kappa shape index (κ3) is 5.04. The second kappa shape index (κ2) is 10.3. The number of morpholine rings is 1. The molecule has 1 aromatic heterocycles. The minimum Gasteiger partial charge on any atom is -0.378 e. The fourth-order valence-corrected chi connectivity index (χ4v) is 5.04. The van der Waals surface area contributed by atoms with Crippen molar-refractivity contribution in [3.8, 4) is 5.69 Å². The van der Waals surface area contributed by atoms with E-state index < -0.39 is 0 Å². The van der Waals surface area contributed by atoms with E-state index in [9.17, 15) is 0 Å². The molecule has 8 heteroatoms. The van der Waals surface area contributed by atoms with E-state index in [0.717, 1.165) is 62.3 Å². The number of aromatic nitrogens is 3. The van der Waals surface area contributed by atoms with Crippen LogP contribution < -0.4 is 9.80 Å². The number of nitrogens with zero attached hydrogens (tertiary/aromatic N) is 6. The topological polar surface area (TPSA) is 41.7 Å². The molecule has 34 heavy (non-hydrogen) atoms. The van der Waals surface area contributed by atoms with Crippen LogP contribution in [0.1, 0.15) is 24.0 Å². The van der Waals surface area contributed by atoms with Crippen molar-refractivity contribution >= 4 is 23.9 Å². The predicted octanol–water partition coefficient (Wildman–Crippen LogP) is 4.24. The molecule has 0 N–H and O–H groups in total. The number of anilines is 2. The van der Waals surface area contributed by atoms with Crippen LogP contribution in [0.4, 0.5) is 11.6 Å². The van der Waals surface area contributed by atoms with Gasteiger partial charge in [0.15, 0.2) is 0 Å². The van der Waals surface area contributed by atoms with Crippen LogP contribution >= 0.6 is 12.2 Å². The van der Waals surface area contributed by atoms with Crippen LogP contribution in [0.3, 0.4) is 0 Å². The highest BCUT2D eigenvalue weighted by Crippen LogP contribution is 2.24. The first-order chi connectivity index (χ1) is 16.6. The van der Waals surface area contributed by atoms with Crippen molar-refractivity contribution in [2.75, 3.05) is 56.2 Å². The zero-order valence-corrected chi connectivity index (χ0v) is 21.0. The Morgan fingerprint density at radius 3 is 2.21 bits per heavy atom. The molecule has 0 spiro atoms. The summed E-state index contributed by atoms with van der Waals surface area (Å²) in [5.41, 5.74) is 4.86. The van der Waals surface area contributed by atoms with Crippen LogP contribution in [0.15, 0.2) is 48.5 Å². The first-order valence-corrected chi connectivity index (χ1v) is 12.6. The van der Waals surface area contributed by atoms with Crippen molar-refractivity contribution in [3.05, 3.63) is 64.4 Å². The highest BCUT2D eigenvalue weighted by molar-refractivity contribution is 7.71. The summed E-state index contributed by atoms with van der Waals surface area (Å²) in [5, 5.41) is 4.99. The second-order valence-electron chi connectivity index (χ2n) is 9.37. The normalized spacial score (nSPS) is 16.6. The van der Waals surface area contributed by atoms with Crippen LogP contribution in [0.25, 0.3) is 5.69 Å². The highest BCUT2D eigenvalue weighted by atomic mass is 32.1. The molecule has 0 aliphatic carbocycles. The molecule has 2 fully saturated rings. The summed E-state index contributed by atoms with van der Waals surface area (Å²) in [4.78, 5) is 7.00. The lowest BCUT2D eigenvalue weighted by Crippen LogP contribution is -2.36. The average molecular weight is 479 g/mol. The van der Waals surface area contributed by atoms with Gasteiger partial charge in [-0.3, -0.25) is 9.47 Å². The maximum Gasteiger partial charge on any atom is 0.230 e. The van der Waals surface area contributed by atoms with Crippen molar-refractivity contribution in [1.29, 1.82) is 0 Å². The Balaban J connectivity index is 1.33. The molecule has 7 nitrogen and oxygen atoms in total. The Hall–Kier alpha value is -2.68. The molecule has 0 amide bonds. The van der Waals surface area contributed by atoms with E-state index in [1.807, 2.05) is 4.68 Å².